The van der Waals surface area contributed by atoms with Gasteiger partial charge in [-0.3, -0.25) is 0 Å². The van der Waals surface area contributed by atoms with Crippen LogP contribution in [0.15, 0.2) is 0 Å². The number of aryl methyl sites for hydroxylation is 2. The molecule has 96 valence electrons. The maximum atomic E-state index is 4.81. The van der Waals surface area contributed by atoms with Gasteiger partial charge in [0.25, 0.3) is 0 Å². The largest absolute Gasteiger partial charge is 0.306 e. The Balaban J connectivity index is 2.27. The van der Waals surface area contributed by atoms with Gasteiger partial charge in [-0.1, -0.05) is 13.8 Å². The number of aromatic nitrogens is 1. The zero-order valence-corrected chi connectivity index (χ0v) is 12.3. The zero-order chi connectivity index (χ0) is 12.5. The van der Waals surface area contributed by atoms with Crippen LogP contribution in [0.2, 0.25) is 0 Å². The average molecular weight is 252 g/mol. The first-order valence-corrected chi connectivity index (χ1v) is 7.58. The van der Waals surface area contributed by atoms with E-state index in [2.05, 4.69) is 33.0 Å². The van der Waals surface area contributed by atoms with E-state index in [4.69, 9.17) is 4.98 Å². The van der Waals surface area contributed by atoms with E-state index in [1.165, 1.54) is 41.3 Å². The Labute approximate surface area is 109 Å². The zero-order valence-electron chi connectivity index (χ0n) is 11.5. The Bertz CT molecular complexity index is 356. The van der Waals surface area contributed by atoms with Crippen molar-refractivity contribution >= 4 is 11.3 Å². The molecule has 17 heavy (non-hydrogen) atoms. The van der Waals surface area contributed by atoms with Gasteiger partial charge in [0, 0.05) is 4.88 Å². The minimum absolute atomic E-state index is 0.172. The maximum Gasteiger partial charge on any atom is 0.113 e. The number of hydrogen-bond acceptors (Lipinski definition) is 3. The van der Waals surface area contributed by atoms with E-state index in [9.17, 15) is 0 Å². The van der Waals surface area contributed by atoms with Gasteiger partial charge in [0.2, 0.25) is 0 Å². The van der Waals surface area contributed by atoms with Crippen molar-refractivity contribution < 1.29 is 0 Å². The van der Waals surface area contributed by atoms with Crippen LogP contribution in [0.25, 0.3) is 0 Å². The predicted molar refractivity (Wildman–Crippen MR) is 74.6 cm³/mol. The minimum Gasteiger partial charge on any atom is -0.306 e. The predicted octanol–water partition coefficient (Wildman–Crippen LogP) is 3.77. The molecule has 3 heteroatoms. The fourth-order valence-corrected chi connectivity index (χ4v) is 3.87. The van der Waals surface area contributed by atoms with Crippen molar-refractivity contribution in [2.24, 2.45) is 5.92 Å². The highest BCUT2D eigenvalue weighted by Crippen LogP contribution is 2.41. The van der Waals surface area contributed by atoms with Gasteiger partial charge in [0.05, 0.1) is 11.2 Å². The van der Waals surface area contributed by atoms with Gasteiger partial charge >= 0.3 is 0 Å². The van der Waals surface area contributed by atoms with Crippen LogP contribution in [0.5, 0.6) is 0 Å². The molecule has 1 fully saturated rings. The monoisotopic (exact) mass is 252 g/mol. The number of nitrogens with zero attached hydrogens (tertiary/aromatic N) is 1. The highest BCUT2D eigenvalue weighted by Gasteiger charge is 2.37. The lowest BCUT2D eigenvalue weighted by atomic mass is 9.77. The maximum absolute atomic E-state index is 4.81. The molecule has 0 spiro atoms. The molecule has 2 rings (SSSR count). The van der Waals surface area contributed by atoms with Crippen LogP contribution in [0.3, 0.4) is 0 Å². The lowest BCUT2D eigenvalue weighted by molar-refractivity contribution is 0.199. The second kappa shape index (κ2) is 5.07. The molecular weight excluding hydrogens is 228 g/mol. The summed E-state index contributed by atoms with van der Waals surface area (Å²) in [6, 6.07) is 0. The molecule has 0 atom stereocenters. The summed E-state index contributed by atoms with van der Waals surface area (Å²) in [5, 5.41) is 5.04. The molecule has 1 N–H and O–H groups in total. The number of thiazole rings is 1. The van der Waals surface area contributed by atoms with Gasteiger partial charge in [0.15, 0.2) is 0 Å². The van der Waals surface area contributed by atoms with Crippen LogP contribution in [0, 0.1) is 19.8 Å². The van der Waals surface area contributed by atoms with Crippen molar-refractivity contribution in [2.45, 2.75) is 58.9 Å². The summed E-state index contributed by atoms with van der Waals surface area (Å²) in [7, 11) is 0. The first kappa shape index (κ1) is 13.0. The summed E-state index contributed by atoms with van der Waals surface area (Å²) < 4.78 is 0. The van der Waals surface area contributed by atoms with Crippen molar-refractivity contribution in [3.8, 4) is 0 Å². The number of rotatable bonds is 3. The standard InChI is InChI=1S/C14H24N2S/c1-5-15-14(8-6-10(2)7-9-14)13-16-11(3)12(4)17-13/h10,15H,5-9H2,1-4H3. The Kier molecular flexibility index (Phi) is 3.88. The molecule has 0 aromatic carbocycles. The van der Waals surface area contributed by atoms with Gasteiger partial charge in [-0.05, 0) is 52.0 Å². The summed E-state index contributed by atoms with van der Waals surface area (Å²) in [5.74, 6) is 0.879. The molecule has 0 radical (unpaired) electrons. The molecule has 0 aliphatic heterocycles. The highest BCUT2D eigenvalue weighted by atomic mass is 32.1. The smallest absolute Gasteiger partial charge is 0.113 e. The Morgan fingerprint density at radius 1 is 1.35 bits per heavy atom. The number of nitrogens with one attached hydrogen (secondary N) is 1. The van der Waals surface area contributed by atoms with Gasteiger partial charge in [-0.15, -0.1) is 11.3 Å². The average Bonchev–Trinajstić information content (AvgIpc) is 2.64. The summed E-state index contributed by atoms with van der Waals surface area (Å²) in [6.07, 6.45) is 5.14. The molecule has 0 saturated heterocycles. The van der Waals surface area contributed by atoms with Crippen molar-refractivity contribution in [1.82, 2.24) is 10.3 Å². The summed E-state index contributed by atoms with van der Waals surface area (Å²) in [4.78, 5) is 6.18. The fourth-order valence-electron chi connectivity index (χ4n) is 2.74. The molecule has 1 saturated carbocycles. The van der Waals surface area contributed by atoms with E-state index in [0.717, 1.165) is 12.5 Å². The van der Waals surface area contributed by atoms with E-state index in [0.29, 0.717) is 0 Å². The third kappa shape index (κ3) is 2.55. The van der Waals surface area contributed by atoms with Gasteiger partial charge < -0.3 is 5.32 Å². The molecule has 2 nitrogen and oxygen atoms in total. The van der Waals surface area contributed by atoms with Crippen LogP contribution in [0.4, 0.5) is 0 Å². The molecule has 1 aromatic heterocycles. The Morgan fingerprint density at radius 3 is 2.47 bits per heavy atom. The van der Waals surface area contributed by atoms with E-state index >= 15 is 0 Å². The van der Waals surface area contributed by atoms with Crippen molar-refractivity contribution in [3.63, 3.8) is 0 Å². The molecule has 1 aromatic rings. The summed E-state index contributed by atoms with van der Waals surface area (Å²) >= 11 is 1.89. The second-order valence-corrected chi connectivity index (χ2v) is 6.66. The molecule has 1 aliphatic rings. The molecule has 0 amide bonds. The first-order chi connectivity index (χ1) is 8.07. The molecule has 1 heterocycles. The normalized spacial score (nSPS) is 29.5. The van der Waals surface area contributed by atoms with Crippen LogP contribution >= 0.6 is 11.3 Å². The molecule has 1 aliphatic carbocycles. The molecule has 0 unspecified atom stereocenters. The van der Waals surface area contributed by atoms with E-state index < -0.39 is 0 Å². The van der Waals surface area contributed by atoms with Crippen LogP contribution in [-0.2, 0) is 5.54 Å². The van der Waals surface area contributed by atoms with Gasteiger partial charge in [-0.2, -0.15) is 0 Å². The van der Waals surface area contributed by atoms with Crippen LogP contribution in [0.1, 0.15) is 55.1 Å². The van der Waals surface area contributed by atoms with E-state index in [-0.39, 0.29) is 5.54 Å². The molecular formula is C14H24N2S. The van der Waals surface area contributed by atoms with Crippen molar-refractivity contribution in [3.05, 3.63) is 15.6 Å². The molecule has 0 bridgehead atoms. The lowest BCUT2D eigenvalue weighted by Gasteiger charge is -2.38. The number of hydrogen-bond donors (Lipinski definition) is 1. The van der Waals surface area contributed by atoms with Crippen LogP contribution in [-0.4, -0.2) is 11.5 Å². The second-order valence-electron chi connectivity index (χ2n) is 5.46. The fraction of sp³-hybridized carbons (Fsp3) is 0.786. The highest BCUT2D eigenvalue weighted by molar-refractivity contribution is 7.11. The van der Waals surface area contributed by atoms with Gasteiger partial charge in [0.1, 0.15) is 5.01 Å². The first-order valence-electron chi connectivity index (χ1n) is 6.77. The van der Waals surface area contributed by atoms with Crippen molar-refractivity contribution in [2.75, 3.05) is 6.54 Å². The third-order valence-corrected chi connectivity index (χ3v) is 5.36. The Morgan fingerprint density at radius 2 is 2.00 bits per heavy atom. The third-order valence-electron chi connectivity index (χ3n) is 4.08. The SMILES string of the molecule is CCNC1(c2nc(C)c(C)s2)CCC(C)CC1. The van der Waals surface area contributed by atoms with E-state index in [1.807, 2.05) is 11.3 Å². The Hall–Kier alpha value is -0.410. The van der Waals surface area contributed by atoms with E-state index in [1.54, 1.807) is 0 Å². The quantitative estimate of drug-likeness (QED) is 0.885. The minimum atomic E-state index is 0.172. The van der Waals surface area contributed by atoms with Crippen LogP contribution < -0.4 is 5.32 Å². The summed E-state index contributed by atoms with van der Waals surface area (Å²) in [6.45, 7) is 9.91. The van der Waals surface area contributed by atoms with Crippen molar-refractivity contribution in [1.29, 1.82) is 0 Å². The topological polar surface area (TPSA) is 24.9 Å². The summed E-state index contributed by atoms with van der Waals surface area (Å²) in [5.41, 5.74) is 1.38. The van der Waals surface area contributed by atoms with Gasteiger partial charge in [-0.25, -0.2) is 4.98 Å². The lowest BCUT2D eigenvalue weighted by Crippen LogP contribution is -2.45.